The van der Waals surface area contributed by atoms with E-state index in [2.05, 4.69) is 63.5 Å². The van der Waals surface area contributed by atoms with Gasteiger partial charge in [0.15, 0.2) is 5.96 Å². The number of guanidine groups is 1. The van der Waals surface area contributed by atoms with E-state index in [9.17, 15) is 5.11 Å². The van der Waals surface area contributed by atoms with Crippen molar-refractivity contribution < 1.29 is 5.11 Å². The second kappa shape index (κ2) is 10.8. The molecule has 1 aromatic carbocycles. The van der Waals surface area contributed by atoms with Crippen LogP contribution in [0.4, 0.5) is 0 Å². The van der Waals surface area contributed by atoms with Gasteiger partial charge in [0.05, 0.1) is 12.1 Å². The van der Waals surface area contributed by atoms with Gasteiger partial charge in [-0.25, -0.2) is 0 Å². The van der Waals surface area contributed by atoms with E-state index in [-0.39, 0.29) is 12.1 Å². The third-order valence-corrected chi connectivity index (χ3v) is 5.25. The summed E-state index contributed by atoms with van der Waals surface area (Å²) in [6, 6.07) is 8.44. The number of nitrogens with one attached hydrogen (secondary N) is 2. The molecule has 140 valence electrons. The number of hydrogen-bond acceptors (Lipinski definition) is 3. The molecule has 0 radical (unpaired) electrons. The number of piperidine rings is 1. The lowest BCUT2D eigenvalue weighted by atomic mass is 10.1. The third kappa shape index (κ3) is 6.96. The fourth-order valence-corrected chi connectivity index (χ4v) is 3.69. The summed E-state index contributed by atoms with van der Waals surface area (Å²) in [5.41, 5.74) is 1.22. The summed E-state index contributed by atoms with van der Waals surface area (Å²) >= 11 is 3.61. The van der Waals surface area contributed by atoms with Crippen LogP contribution in [0, 0.1) is 0 Å². The van der Waals surface area contributed by atoms with E-state index in [1.165, 1.54) is 5.56 Å². The van der Waals surface area contributed by atoms with Crippen molar-refractivity contribution in [1.29, 1.82) is 0 Å². The van der Waals surface area contributed by atoms with Gasteiger partial charge in [0.1, 0.15) is 0 Å². The number of hydrogen-bond donors (Lipinski definition) is 3. The smallest absolute Gasteiger partial charge is 0.191 e. The van der Waals surface area contributed by atoms with Crippen LogP contribution in [-0.4, -0.2) is 54.8 Å². The second-order valence-electron chi connectivity index (χ2n) is 6.57. The highest BCUT2D eigenvalue weighted by molar-refractivity contribution is 9.10. The van der Waals surface area contributed by atoms with Crippen molar-refractivity contribution in [3.63, 3.8) is 0 Å². The molecule has 5 nitrogen and oxygen atoms in total. The number of nitrogens with zero attached hydrogens (tertiary/aromatic N) is 2. The molecule has 0 spiro atoms. The fraction of sp³-hybridized carbons (Fsp3) is 0.632. The van der Waals surface area contributed by atoms with Gasteiger partial charge in [0.25, 0.3) is 0 Å². The van der Waals surface area contributed by atoms with Crippen molar-refractivity contribution in [3.8, 4) is 0 Å². The lowest BCUT2D eigenvalue weighted by molar-refractivity contribution is 0.0824. The van der Waals surface area contributed by atoms with E-state index in [1.807, 2.05) is 6.07 Å². The Bertz CT molecular complexity index is 544. The van der Waals surface area contributed by atoms with Gasteiger partial charge >= 0.3 is 0 Å². The fourth-order valence-electron chi connectivity index (χ4n) is 3.06. The van der Waals surface area contributed by atoms with Gasteiger partial charge in [0.2, 0.25) is 0 Å². The van der Waals surface area contributed by atoms with Crippen LogP contribution in [-0.2, 0) is 0 Å². The van der Waals surface area contributed by atoms with Gasteiger partial charge in [-0.15, -0.1) is 0 Å². The van der Waals surface area contributed by atoms with Crippen molar-refractivity contribution in [2.24, 2.45) is 4.99 Å². The molecule has 0 aliphatic carbocycles. The monoisotopic (exact) mass is 410 g/mol. The molecule has 1 atom stereocenters. The van der Waals surface area contributed by atoms with E-state index < -0.39 is 0 Å². The predicted molar refractivity (Wildman–Crippen MR) is 108 cm³/mol. The van der Waals surface area contributed by atoms with E-state index in [4.69, 9.17) is 4.99 Å². The molecule has 0 saturated carbocycles. The summed E-state index contributed by atoms with van der Waals surface area (Å²) in [5.74, 6) is 0.861. The molecule has 25 heavy (non-hydrogen) atoms. The Labute approximate surface area is 160 Å². The van der Waals surface area contributed by atoms with Crippen LogP contribution in [0.2, 0.25) is 0 Å². The lowest BCUT2D eigenvalue weighted by Crippen LogP contribution is -2.39. The molecular weight excluding hydrogens is 380 g/mol. The molecule has 1 fully saturated rings. The average Bonchev–Trinajstić information content (AvgIpc) is 2.60. The van der Waals surface area contributed by atoms with Crippen LogP contribution in [0.3, 0.4) is 0 Å². The summed E-state index contributed by atoms with van der Waals surface area (Å²) in [6.45, 7) is 8.93. The standard InChI is InChI=1S/C19H31BrN4O/c1-3-21-19(23-15(2)17-7-4-5-8-18(17)20)22-11-6-12-24-13-9-16(25)10-14-24/h4-5,7-8,15-16,25H,3,6,9-14H2,1-2H3,(H2,21,22,23). The van der Waals surface area contributed by atoms with E-state index in [0.29, 0.717) is 0 Å². The van der Waals surface area contributed by atoms with Gasteiger partial charge in [-0.1, -0.05) is 34.1 Å². The van der Waals surface area contributed by atoms with Crippen molar-refractivity contribution >= 4 is 21.9 Å². The van der Waals surface area contributed by atoms with Crippen LogP contribution in [0.25, 0.3) is 0 Å². The Kier molecular flexibility index (Phi) is 8.72. The summed E-state index contributed by atoms with van der Waals surface area (Å²) in [4.78, 5) is 7.13. The topological polar surface area (TPSA) is 59.9 Å². The Morgan fingerprint density at radius 3 is 2.76 bits per heavy atom. The molecule has 0 aromatic heterocycles. The minimum atomic E-state index is -0.0994. The molecule has 1 aliphatic rings. The first kappa shape index (κ1) is 20.2. The lowest BCUT2D eigenvalue weighted by Gasteiger charge is -2.29. The molecule has 1 aliphatic heterocycles. The van der Waals surface area contributed by atoms with Crippen LogP contribution in [0.5, 0.6) is 0 Å². The highest BCUT2D eigenvalue weighted by atomic mass is 79.9. The summed E-state index contributed by atoms with van der Waals surface area (Å²) < 4.78 is 1.11. The third-order valence-electron chi connectivity index (χ3n) is 4.53. The predicted octanol–water partition coefficient (Wildman–Crippen LogP) is 2.91. The number of likely N-dealkylation sites (tertiary alicyclic amines) is 1. The number of aliphatic hydroxyl groups excluding tert-OH is 1. The second-order valence-corrected chi connectivity index (χ2v) is 7.43. The molecule has 0 amide bonds. The SMILES string of the molecule is CCNC(=NCCCN1CCC(O)CC1)NC(C)c1ccccc1Br. The van der Waals surface area contributed by atoms with Crippen LogP contribution in [0.1, 0.15) is 44.7 Å². The van der Waals surface area contributed by atoms with Gasteiger partial charge in [-0.2, -0.15) is 0 Å². The quantitative estimate of drug-likeness (QED) is 0.367. The normalized spacial score (nSPS) is 18.2. The number of benzene rings is 1. The largest absolute Gasteiger partial charge is 0.393 e. The highest BCUT2D eigenvalue weighted by Crippen LogP contribution is 2.22. The van der Waals surface area contributed by atoms with E-state index in [1.54, 1.807) is 0 Å². The Balaban J connectivity index is 1.80. The maximum Gasteiger partial charge on any atom is 0.191 e. The zero-order chi connectivity index (χ0) is 18.1. The van der Waals surface area contributed by atoms with E-state index >= 15 is 0 Å². The first-order chi connectivity index (χ1) is 12.1. The molecule has 1 unspecified atom stereocenters. The van der Waals surface area contributed by atoms with Crippen LogP contribution in [0.15, 0.2) is 33.7 Å². The zero-order valence-electron chi connectivity index (χ0n) is 15.3. The number of aliphatic hydroxyl groups is 1. The molecule has 1 aromatic rings. The Hall–Kier alpha value is -1.11. The number of rotatable bonds is 7. The summed E-state index contributed by atoms with van der Waals surface area (Å²) in [5, 5.41) is 16.4. The number of halogens is 1. The maximum absolute atomic E-state index is 9.56. The van der Waals surface area contributed by atoms with Crippen molar-refractivity contribution in [2.75, 3.05) is 32.7 Å². The highest BCUT2D eigenvalue weighted by Gasteiger charge is 2.16. The van der Waals surface area contributed by atoms with E-state index in [0.717, 1.165) is 62.4 Å². The molecule has 2 rings (SSSR count). The first-order valence-electron chi connectivity index (χ1n) is 9.29. The summed E-state index contributed by atoms with van der Waals surface area (Å²) in [6.07, 6.45) is 2.74. The molecule has 1 saturated heterocycles. The minimum absolute atomic E-state index is 0.0994. The molecule has 3 N–H and O–H groups in total. The Morgan fingerprint density at radius 1 is 1.36 bits per heavy atom. The molecule has 1 heterocycles. The van der Waals surface area contributed by atoms with Crippen molar-refractivity contribution in [1.82, 2.24) is 15.5 Å². The summed E-state index contributed by atoms with van der Waals surface area (Å²) in [7, 11) is 0. The van der Waals surface area contributed by atoms with Crippen LogP contribution >= 0.6 is 15.9 Å². The van der Waals surface area contributed by atoms with Gasteiger partial charge < -0.3 is 20.6 Å². The zero-order valence-corrected chi connectivity index (χ0v) is 16.9. The maximum atomic E-state index is 9.56. The van der Waals surface area contributed by atoms with Gasteiger partial charge in [0, 0.05) is 30.7 Å². The first-order valence-corrected chi connectivity index (χ1v) is 10.1. The molecule has 0 bridgehead atoms. The van der Waals surface area contributed by atoms with Gasteiger partial charge in [-0.3, -0.25) is 4.99 Å². The van der Waals surface area contributed by atoms with Crippen molar-refractivity contribution in [2.45, 2.75) is 45.3 Å². The minimum Gasteiger partial charge on any atom is -0.393 e. The van der Waals surface area contributed by atoms with Gasteiger partial charge in [-0.05, 0) is 51.3 Å². The number of aliphatic imine (C=N–C) groups is 1. The average molecular weight is 411 g/mol. The molecule has 6 heteroatoms. The van der Waals surface area contributed by atoms with Crippen molar-refractivity contribution in [3.05, 3.63) is 34.3 Å². The Morgan fingerprint density at radius 2 is 2.08 bits per heavy atom. The molecular formula is C19H31BrN4O. The van der Waals surface area contributed by atoms with Crippen LogP contribution < -0.4 is 10.6 Å².